The fourth-order valence-corrected chi connectivity index (χ4v) is 1.80. The number of hydrogen-bond donors (Lipinski definition) is 3. The molecular weight excluding hydrogens is 213 g/mol. The third-order valence-corrected chi connectivity index (χ3v) is 2.51. The van der Waals surface area contributed by atoms with Crippen molar-refractivity contribution in [1.82, 2.24) is 4.98 Å². The number of carboxylic acid groups (broad SMARTS) is 1. The van der Waals surface area contributed by atoms with Gasteiger partial charge in [-0.2, -0.15) is 0 Å². The van der Waals surface area contributed by atoms with Crippen LogP contribution in [0.25, 0.3) is 10.9 Å². The van der Waals surface area contributed by atoms with Crippen molar-refractivity contribution in [3.63, 3.8) is 0 Å². The van der Waals surface area contributed by atoms with Crippen molar-refractivity contribution in [3.8, 4) is 0 Å². The van der Waals surface area contributed by atoms with Crippen molar-refractivity contribution in [1.29, 1.82) is 0 Å². The molecule has 2 aromatic rings. The van der Waals surface area contributed by atoms with Gasteiger partial charge in [-0.05, 0) is 25.1 Å². The van der Waals surface area contributed by atoms with Gasteiger partial charge in [0.05, 0.1) is 0 Å². The van der Waals surface area contributed by atoms with Crippen LogP contribution in [0.1, 0.15) is 17.4 Å². The monoisotopic (exact) mass is 223 g/mol. The summed E-state index contributed by atoms with van der Waals surface area (Å²) in [7, 11) is 0. The minimum absolute atomic E-state index is 0.280. The molecule has 1 aromatic carbocycles. The van der Waals surface area contributed by atoms with Crippen LogP contribution >= 0.6 is 0 Å². The average molecular weight is 223 g/mol. The number of aromatic amines is 1. The number of halogens is 1. The standard InChI is InChI=1S/C11H10FNO3/c1-5-9(10(14)11(15)16)7-3-2-6(12)4-8(7)13-5/h2-4,10,13-14H,1H3,(H,15,16). The van der Waals surface area contributed by atoms with Crippen LogP contribution in [0.15, 0.2) is 18.2 Å². The summed E-state index contributed by atoms with van der Waals surface area (Å²) in [6, 6.07) is 3.95. The van der Waals surface area contributed by atoms with Crippen LogP contribution in [-0.4, -0.2) is 21.2 Å². The number of aromatic nitrogens is 1. The summed E-state index contributed by atoms with van der Waals surface area (Å²) in [5, 5.41) is 18.8. The van der Waals surface area contributed by atoms with Gasteiger partial charge in [0.25, 0.3) is 0 Å². The Hall–Kier alpha value is -1.88. The Kier molecular flexibility index (Phi) is 2.40. The molecule has 84 valence electrons. The summed E-state index contributed by atoms with van der Waals surface area (Å²) in [4.78, 5) is 13.6. The zero-order valence-corrected chi connectivity index (χ0v) is 8.49. The number of nitrogens with one attached hydrogen (secondary N) is 1. The van der Waals surface area contributed by atoms with Crippen molar-refractivity contribution < 1.29 is 19.4 Å². The molecule has 1 atom stereocenters. The molecule has 0 spiro atoms. The third kappa shape index (κ3) is 1.55. The van der Waals surface area contributed by atoms with E-state index in [9.17, 15) is 14.3 Å². The second-order valence-electron chi connectivity index (χ2n) is 3.59. The number of hydrogen-bond acceptors (Lipinski definition) is 2. The van der Waals surface area contributed by atoms with Crippen molar-refractivity contribution >= 4 is 16.9 Å². The summed E-state index contributed by atoms with van der Waals surface area (Å²) >= 11 is 0. The number of aliphatic hydroxyl groups is 1. The van der Waals surface area contributed by atoms with Gasteiger partial charge in [0.1, 0.15) is 5.82 Å². The molecule has 16 heavy (non-hydrogen) atoms. The predicted molar refractivity (Wildman–Crippen MR) is 55.6 cm³/mol. The predicted octanol–water partition coefficient (Wildman–Crippen LogP) is 1.73. The first kappa shape index (κ1) is 10.6. The Morgan fingerprint density at radius 1 is 1.50 bits per heavy atom. The first-order valence-electron chi connectivity index (χ1n) is 4.69. The fraction of sp³-hybridized carbons (Fsp3) is 0.182. The molecule has 5 heteroatoms. The third-order valence-electron chi connectivity index (χ3n) is 2.51. The zero-order chi connectivity index (χ0) is 11.9. The van der Waals surface area contributed by atoms with E-state index < -0.39 is 17.9 Å². The first-order chi connectivity index (χ1) is 7.50. The molecule has 2 rings (SSSR count). The molecule has 0 fully saturated rings. The number of aliphatic hydroxyl groups excluding tert-OH is 1. The van der Waals surface area contributed by atoms with Crippen LogP contribution in [0.5, 0.6) is 0 Å². The molecule has 0 aliphatic carbocycles. The molecule has 0 amide bonds. The smallest absolute Gasteiger partial charge is 0.337 e. The second-order valence-corrected chi connectivity index (χ2v) is 3.59. The number of rotatable bonds is 2. The van der Waals surface area contributed by atoms with Gasteiger partial charge in [-0.15, -0.1) is 0 Å². The molecule has 0 bridgehead atoms. The van der Waals surface area contributed by atoms with Gasteiger partial charge in [0, 0.05) is 22.2 Å². The van der Waals surface area contributed by atoms with E-state index in [0.29, 0.717) is 16.6 Å². The number of aryl methyl sites for hydroxylation is 1. The topological polar surface area (TPSA) is 73.3 Å². The molecule has 0 aliphatic heterocycles. The maximum absolute atomic E-state index is 12.9. The van der Waals surface area contributed by atoms with Crippen LogP contribution in [0.3, 0.4) is 0 Å². The van der Waals surface area contributed by atoms with Crippen molar-refractivity contribution in [2.45, 2.75) is 13.0 Å². The van der Waals surface area contributed by atoms with E-state index in [1.807, 2.05) is 0 Å². The van der Waals surface area contributed by atoms with Gasteiger partial charge < -0.3 is 15.2 Å². The minimum atomic E-state index is -1.60. The maximum atomic E-state index is 12.9. The molecule has 1 heterocycles. The number of carbonyl (C=O) groups is 1. The molecule has 3 N–H and O–H groups in total. The second kappa shape index (κ2) is 3.61. The van der Waals surface area contributed by atoms with Crippen LogP contribution in [-0.2, 0) is 4.79 Å². The average Bonchev–Trinajstić information content (AvgIpc) is 2.51. The molecule has 0 radical (unpaired) electrons. The first-order valence-corrected chi connectivity index (χ1v) is 4.69. The van der Waals surface area contributed by atoms with Gasteiger partial charge in [-0.1, -0.05) is 0 Å². The number of fused-ring (bicyclic) bond motifs is 1. The van der Waals surface area contributed by atoms with Crippen molar-refractivity contribution in [2.75, 3.05) is 0 Å². The van der Waals surface area contributed by atoms with E-state index in [2.05, 4.69) is 4.98 Å². The lowest BCUT2D eigenvalue weighted by atomic mass is 10.1. The lowest BCUT2D eigenvalue weighted by Crippen LogP contribution is -2.11. The van der Waals surface area contributed by atoms with Gasteiger partial charge in [0.2, 0.25) is 0 Å². The van der Waals surface area contributed by atoms with E-state index in [4.69, 9.17) is 5.11 Å². The largest absolute Gasteiger partial charge is 0.479 e. The van der Waals surface area contributed by atoms with Gasteiger partial charge >= 0.3 is 5.97 Å². The summed E-state index contributed by atoms with van der Waals surface area (Å²) in [6.45, 7) is 1.64. The van der Waals surface area contributed by atoms with E-state index in [1.165, 1.54) is 18.2 Å². The van der Waals surface area contributed by atoms with E-state index in [-0.39, 0.29) is 5.56 Å². The lowest BCUT2D eigenvalue weighted by molar-refractivity contribution is -0.146. The number of aliphatic carboxylic acids is 1. The highest BCUT2D eigenvalue weighted by Gasteiger charge is 2.22. The van der Waals surface area contributed by atoms with Crippen LogP contribution in [0, 0.1) is 12.7 Å². The Morgan fingerprint density at radius 3 is 2.81 bits per heavy atom. The lowest BCUT2D eigenvalue weighted by Gasteiger charge is -2.05. The Labute approximate surface area is 90.3 Å². The highest BCUT2D eigenvalue weighted by molar-refractivity contribution is 5.89. The summed E-state index contributed by atoms with van der Waals surface area (Å²) in [5.74, 6) is -1.74. The molecule has 0 saturated carbocycles. The van der Waals surface area contributed by atoms with E-state index in [0.717, 1.165) is 0 Å². The Bertz CT molecular complexity index is 562. The van der Waals surface area contributed by atoms with Crippen LogP contribution < -0.4 is 0 Å². The highest BCUT2D eigenvalue weighted by atomic mass is 19.1. The normalized spacial score (nSPS) is 12.9. The number of carboxylic acids is 1. The molecule has 1 aromatic heterocycles. The number of benzene rings is 1. The zero-order valence-electron chi connectivity index (χ0n) is 8.49. The van der Waals surface area contributed by atoms with Gasteiger partial charge in [-0.25, -0.2) is 9.18 Å². The quantitative estimate of drug-likeness (QED) is 0.725. The van der Waals surface area contributed by atoms with Crippen molar-refractivity contribution in [2.24, 2.45) is 0 Å². The van der Waals surface area contributed by atoms with Crippen LogP contribution in [0.4, 0.5) is 4.39 Å². The maximum Gasteiger partial charge on any atom is 0.337 e. The molecular formula is C11H10FNO3. The SMILES string of the molecule is Cc1[nH]c2cc(F)ccc2c1C(O)C(=O)O. The summed E-state index contributed by atoms with van der Waals surface area (Å²) in [5.41, 5.74) is 1.28. The molecule has 4 nitrogen and oxygen atoms in total. The number of H-pyrrole nitrogens is 1. The minimum Gasteiger partial charge on any atom is -0.479 e. The van der Waals surface area contributed by atoms with Gasteiger partial charge in [0.15, 0.2) is 6.10 Å². The molecule has 1 unspecified atom stereocenters. The fourth-order valence-electron chi connectivity index (χ4n) is 1.80. The summed E-state index contributed by atoms with van der Waals surface area (Å²) in [6.07, 6.45) is -1.60. The Balaban J connectivity index is 2.69. The van der Waals surface area contributed by atoms with Gasteiger partial charge in [-0.3, -0.25) is 0 Å². The molecule has 0 saturated heterocycles. The highest BCUT2D eigenvalue weighted by Crippen LogP contribution is 2.28. The van der Waals surface area contributed by atoms with E-state index in [1.54, 1.807) is 6.92 Å². The van der Waals surface area contributed by atoms with E-state index >= 15 is 0 Å². The molecule has 0 aliphatic rings. The van der Waals surface area contributed by atoms with Crippen molar-refractivity contribution in [3.05, 3.63) is 35.3 Å². The summed E-state index contributed by atoms with van der Waals surface area (Å²) < 4.78 is 12.9. The van der Waals surface area contributed by atoms with Crippen LogP contribution in [0.2, 0.25) is 0 Å². The Morgan fingerprint density at radius 2 is 2.19 bits per heavy atom.